The summed E-state index contributed by atoms with van der Waals surface area (Å²) in [5.41, 5.74) is 4.80. The predicted octanol–water partition coefficient (Wildman–Crippen LogP) is 4.72. The zero-order valence-corrected chi connectivity index (χ0v) is 19.6. The number of aromatic nitrogens is 2. The molecule has 2 aromatic carbocycles. The fourth-order valence-electron chi connectivity index (χ4n) is 4.27. The molecular weight excluding hydrogens is 456 g/mol. The molecule has 0 radical (unpaired) electrons. The van der Waals surface area contributed by atoms with E-state index in [2.05, 4.69) is 28.2 Å². The van der Waals surface area contributed by atoms with E-state index in [-0.39, 0.29) is 31.6 Å². The summed E-state index contributed by atoms with van der Waals surface area (Å²) in [4.78, 5) is 21.6. The third-order valence-corrected chi connectivity index (χ3v) is 6.24. The number of hydrogen-bond donors (Lipinski definition) is 1. The molecule has 7 nitrogen and oxygen atoms in total. The van der Waals surface area contributed by atoms with E-state index in [4.69, 9.17) is 9.47 Å². The van der Waals surface area contributed by atoms with Crippen LogP contribution >= 0.6 is 0 Å². The summed E-state index contributed by atoms with van der Waals surface area (Å²) < 4.78 is 38.7. The molecule has 1 fully saturated rings. The van der Waals surface area contributed by atoms with Crippen molar-refractivity contribution in [2.24, 2.45) is 0 Å². The van der Waals surface area contributed by atoms with Gasteiger partial charge >= 0.3 is 12.0 Å². The Labute approximate surface area is 202 Å². The highest BCUT2D eigenvalue weighted by Gasteiger charge is 2.43. The number of carboxylic acids is 1. The topological polar surface area (TPSA) is 84.8 Å². The van der Waals surface area contributed by atoms with Gasteiger partial charge in [0.1, 0.15) is 12.6 Å². The summed E-state index contributed by atoms with van der Waals surface area (Å²) >= 11 is 0. The summed E-state index contributed by atoms with van der Waals surface area (Å²) in [5, 5.41) is 9.42. The molecule has 1 atom stereocenters. The van der Waals surface area contributed by atoms with E-state index in [0.29, 0.717) is 5.56 Å². The van der Waals surface area contributed by atoms with Crippen LogP contribution in [0, 0.1) is 6.92 Å². The van der Waals surface area contributed by atoms with Crippen LogP contribution in [-0.2, 0) is 17.9 Å². The molecule has 3 aromatic rings. The lowest BCUT2D eigenvalue weighted by Gasteiger charge is -2.36. The Balaban J connectivity index is 1.47. The van der Waals surface area contributed by atoms with Crippen molar-refractivity contribution >= 4 is 5.97 Å². The first-order valence-corrected chi connectivity index (χ1v) is 11.3. The number of rotatable bonds is 8. The third kappa shape index (κ3) is 5.74. The van der Waals surface area contributed by atoms with Crippen LogP contribution in [0.2, 0.25) is 0 Å². The van der Waals surface area contributed by atoms with Gasteiger partial charge in [-0.3, -0.25) is 9.69 Å². The van der Waals surface area contributed by atoms with Gasteiger partial charge in [-0.25, -0.2) is 13.8 Å². The summed E-state index contributed by atoms with van der Waals surface area (Å²) in [6.07, 6.45) is 0.358. The van der Waals surface area contributed by atoms with E-state index in [9.17, 15) is 18.7 Å². The van der Waals surface area contributed by atoms with Crippen LogP contribution in [0.1, 0.15) is 29.5 Å². The van der Waals surface area contributed by atoms with Crippen LogP contribution in [0.25, 0.3) is 11.1 Å². The van der Waals surface area contributed by atoms with E-state index in [1.807, 2.05) is 37.3 Å². The van der Waals surface area contributed by atoms with E-state index in [1.165, 1.54) is 18.2 Å². The number of likely N-dealkylation sites (tertiary alicyclic amines) is 1. The van der Waals surface area contributed by atoms with Gasteiger partial charge in [0.15, 0.2) is 0 Å². The molecule has 1 aromatic heterocycles. The SMILES string of the molecule is COc1nc(OCc2cccc(-c3ccccc3)c2C)ncc1CN1CCC(F)(F)CC1C(=O)O. The first kappa shape index (κ1) is 24.5. The lowest BCUT2D eigenvalue weighted by molar-refractivity contribution is -0.154. The second-order valence-corrected chi connectivity index (χ2v) is 8.57. The number of nitrogens with zero attached hydrogens (tertiary/aromatic N) is 3. The Kier molecular flexibility index (Phi) is 7.25. The molecule has 1 aliphatic rings. The Hall–Kier alpha value is -3.59. The van der Waals surface area contributed by atoms with Gasteiger partial charge in [-0.1, -0.05) is 48.5 Å². The van der Waals surface area contributed by atoms with E-state index in [1.54, 1.807) is 0 Å². The fourth-order valence-corrected chi connectivity index (χ4v) is 4.27. The first-order valence-electron chi connectivity index (χ1n) is 11.3. The summed E-state index contributed by atoms with van der Waals surface area (Å²) in [6, 6.07) is 14.9. The quantitative estimate of drug-likeness (QED) is 0.496. The van der Waals surface area contributed by atoms with Crippen LogP contribution < -0.4 is 9.47 Å². The highest BCUT2D eigenvalue weighted by atomic mass is 19.3. The van der Waals surface area contributed by atoms with Crippen molar-refractivity contribution in [3.63, 3.8) is 0 Å². The van der Waals surface area contributed by atoms with E-state index < -0.39 is 30.8 Å². The number of benzene rings is 2. The van der Waals surface area contributed by atoms with Crippen LogP contribution in [0.4, 0.5) is 8.78 Å². The van der Waals surface area contributed by atoms with Crippen LogP contribution in [0.15, 0.2) is 54.7 Å². The molecule has 1 unspecified atom stereocenters. The number of piperidine rings is 1. The smallest absolute Gasteiger partial charge is 0.321 e. The molecule has 35 heavy (non-hydrogen) atoms. The molecule has 0 saturated carbocycles. The number of aliphatic carboxylic acids is 1. The highest BCUT2D eigenvalue weighted by molar-refractivity contribution is 5.73. The number of ether oxygens (including phenoxy) is 2. The van der Waals surface area contributed by atoms with Crippen molar-refractivity contribution < 1.29 is 28.2 Å². The van der Waals surface area contributed by atoms with Gasteiger partial charge in [-0.15, -0.1) is 0 Å². The largest absolute Gasteiger partial charge is 0.481 e. The summed E-state index contributed by atoms with van der Waals surface area (Å²) in [6.45, 7) is 2.31. The van der Waals surface area contributed by atoms with Gasteiger partial charge in [-0.2, -0.15) is 4.98 Å². The van der Waals surface area contributed by atoms with Gasteiger partial charge in [0.05, 0.1) is 7.11 Å². The predicted molar refractivity (Wildman–Crippen MR) is 126 cm³/mol. The molecule has 2 heterocycles. The van der Waals surface area contributed by atoms with Crippen LogP contribution in [0.5, 0.6) is 11.9 Å². The minimum Gasteiger partial charge on any atom is -0.481 e. The Morgan fingerprint density at radius 2 is 1.94 bits per heavy atom. The molecule has 0 spiro atoms. The average molecular weight is 484 g/mol. The normalized spacial score (nSPS) is 17.7. The monoisotopic (exact) mass is 483 g/mol. The van der Waals surface area contributed by atoms with Crippen molar-refractivity contribution in [1.82, 2.24) is 14.9 Å². The number of halogens is 2. The van der Waals surface area contributed by atoms with Crippen LogP contribution in [-0.4, -0.2) is 51.6 Å². The van der Waals surface area contributed by atoms with E-state index >= 15 is 0 Å². The molecule has 1 saturated heterocycles. The third-order valence-electron chi connectivity index (χ3n) is 6.24. The molecule has 184 valence electrons. The van der Waals surface area contributed by atoms with Crippen molar-refractivity contribution in [2.75, 3.05) is 13.7 Å². The lowest BCUT2D eigenvalue weighted by Crippen LogP contribution is -2.50. The molecule has 0 amide bonds. The maximum atomic E-state index is 13.7. The lowest BCUT2D eigenvalue weighted by atomic mass is 9.97. The zero-order chi connectivity index (χ0) is 25.0. The first-order chi connectivity index (χ1) is 16.8. The minimum atomic E-state index is -2.99. The maximum absolute atomic E-state index is 13.7. The van der Waals surface area contributed by atoms with Crippen molar-refractivity contribution in [1.29, 1.82) is 0 Å². The zero-order valence-electron chi connectivity index (χ0n) is 19.6. The molecule has 1 N–H and O–H groups in total. The standard InChI is InChI=1S/C26H27F2N3O4/c1-17-19(9-6-10-21(17)18-7-4-3-5-8-18)16-35-25-29-14-20(23(30-25)34-2)15-31-12-11-26(27,28)13-22(31)24(32)33/h3-10,14,22H,11-13,15-16H2,1-2H3,(H,32,33). The fraction of sp³-hybridized carbons (Fsp3) is 0.346. The number of hydrogen-bond acceptors (Lipinski definition) is 6. The molecular formula is C26H27F2N3O4. The Bertz CT molecular complexity index is 1190. The molecule has 4 rings (SSSR count). The van der Waals surface area contributed by atoms with Gasteiger partial charge in [-0.05, 0) is 29.2 Å². The Morgan fingerprint density at radius 1 is 1.17 bits per heavy atom. The highest BCUT2D eigenvalue weighted by Crippen LogP contribution is 2.34. The van der Waals surface area contributed by atoms with Gasteiger partial charge in [0, 0.05) is 37.7 Å². The average Bonchev–Trinajstić information content (AvgIpc) is 2.85. The second kappa shape index (κ2) is 10.4. The molecule has 9 heteroatoms. The minimum absolute atomic E-state index is 0.0532. The van der Waals surface area contributed by atoms with Gasteiger partial charge < -0.3 is 14.6 Å². The van der Waals surface area contributed by atoms with Gasteiger partial charge in [0.2, 0.25) is 5.88 Å². The number of carbonyl (C=O) groups is 1. The van der Waals surface area contributed by atoms with Crippen molar-refractivity contribution in [2.45, 2.75) is 44.9 Å². The summed E-state index contributed by atoms with van der Waals surface area (Å²) in [7, 11) is 1.43. The van der Waals surface area contributed by atoms with Gasteiger partial charge in [0.25, 0.3) is 5.92 Å². The number of methoxy groups -OCH3 is 1. The molecule has 0 bridgehead atoms. The van der Waals surface area contributed by atoms with Crippen molar-refractivity contribution in [3.05, 3.63) is 71.4 Å². The molecule has 0 aliphatic carbocycles. The van der Waals surface area contributed by atoms with Crippen LogP contribution in [0.3, 0.4) is 0 Å². The number of carboxylic acid groups (broad SMARTS) is 1. The second-order valence-electron chi connectivity index (χ2n) is 8.57. The Morgan fingerprint density at radius 3 is 2.66 bits per heavy atom. The van der Waals surface area contributed by atoms with E-state index in [0.717, 1.165) is 22.3 Å². The summed E-state index contributed by atoms with van der Waals surface area (Å²) in [5.74, 6) is -4.06. The maximum Gasteiger partial charge on any atom is 0.321 e. The van der Waals surface area contributed by atoms with Crippen molar-refractivity contribution in [3.8, 4) is 23.0 Å². The number of alkyl halides is 2. The molecule has 1 aliphatic heterocycles.